The predicted octanol–water partition coefficient (Wildman–Crippen LogP) is -0.0341. The normalized spacial score (nSPS) is 29.7. The molecule has 0 bridgehead atoms. The van der Waals surface area contributed by atoms with E-state index in [0.29, 0.717) is 12.8 Å². The molecule has 1 saturated heterocycles. The van der Waals surface area contributed by atoms with Gasteiger partial charge in [-0.2, -0.15) is 20.2 Å². The molecule has 5 atom stereocenters. The van der Waals surface area contributed by atoms with Gasteiger partial charge in [0, 0.05) is 0 Å². The number of nitrogens with zero attached hydrogens (tertiary/aromatic N) is 1. The first-order chi connectivity index (χ1) is 12.7. The Morgan fingerprint density at radius 2 is 1.78 bits per heavy atom. The van der Waals surface area contributed by atoms with Gasteiger partial charge < -0.3 is 25.2 Å². The van der Waals surface area contributed by atoms with E-state index in [9.17, 15) is 28.8 Å². The van der Waals surface area contributed by atoms with Crippen molar-refractivity contribution in [2.45, 2.75) is 62.0 Å². The van der Waals surface area contributed by atoms with E-state index in [1.54, 1.807) is 11.8 Å². The van der Waals surface area contributed by atoms with Crippen LogP contribution in [0.3, 0.4) is 0 Å². The summed E-state index contributed by atoms with van der Waals surface area (Å²) in [7, 11) is -4.79. The van der Waals surface area contributed by atoms with Crippen LogP contribution in [0.5, 0.6) is 0 Å². The van der Waals surface area contributed by atoms with E-state index in [1.165, 1.54) is 0 Å². The lowest BCUT2D eigenvalue weighted by molar-refractivity contribution is -0.205. The SMILES string of the molecule is CSCCCCCC/C(=N\OS(=O)(=O)O)SC1OC(CO)C(O)C(O)C1O. The number of thioether (sulfide) groups is 2. The largest absolute Gasteiger partial charge is 0.466 e. The zero-order valence-corrected chi connectivity index (χ0v) is 17.3. The smallest absolute Gasteiger partial charge is 0.394 e. The monoisotopic (exact) mass is 449 g/mol. The Morgan fingerprint density at radius 1 is 1.11 bits per heavy atom. The second-order valence-electron chi connectivity index (χ2n) is 5.96. The van der Waals surface area contributed by atoms with Gasteiger partial charge >= 0.3 is 10.4 Å². The van der Waals surface area contributed by atoms with Crippen LogP contribution in [0.25, 0.3) is 0 Å². The van der Waals surface area contributed by atoms with Crippen LogP contribution in [0, 0.1) is 0 Å². The van der Waals surface area contributed by atoms with Gasteiger partial charge in [-0.25, -0.2) is 4.28 Å². The molecule has 1 fully saturated rings. The first kappa shape index (κ1) is 24.9. The number of rotatable bonds is 11. The number of oxime groups is 1. The van der Waals surface area contributed by atoms with Crippen molar-refractivity contribution in [1.29, 1.82) is 0 Å². The van der Waals surface area contributed by atoms with Gasteiger partial charge in [-0.3, -0.25) is 4.55 Å². The third-order valence-electron chi connectivity index (χ3n) is 3.82. The number of aliphatic hydroxyl groups is 4. The van der Waals surface area contributed by atoms with Crippen LogP contribution in [0.4, 0.5) is 0 Å². The molecule has 5 N–H and O–H groups in total. The summed E-state index contributed by atoms with van der Waals surface area (Å²) in [6, 6.07) is 0. The number of aliphatic hydroxyl groups excluding tert-OH is 4. The lowest BCUT2D eigenvalue weighted by Gasteiger charge is -2.39. The first-order valence-corrected chi connectivity index (χ1v) is 12.0. The zero-order chi connectivity index (χ0) is 20.4. The van der Waals surface area contributed by atoms with E-state index >= 15 is 0 Å². The second kappa shape index (κ2) is 12.4. The van der Waals surface area contributed by atoms with E-state index < -0.39 is 46.9 Å². The van der Waals surface area contributed by atoms with Gasteiger partial charge in [0.25, 0.3) is 0 Å². The highest BCUT2D eigenvalue weighted by molar-refractivity contribution is 8.14. The molecule has 0 radical (unpaired) electrons. The van der Waals surface area contributed by atoms with Crippen molar-refractivity contribution < 1.29 is 42.4 Å². The van der Waals surface area contributed by atoms with Crippen molar-refractivity contribution in [2.24, 2.45) is 5.16 Å². The van der Waals surface area contributed by atoms with E-state index in [-0.39, 0.29) is 5.04 Å². The Labute approximate surface area is 167 Å². The molecule has 27 heavy (non-hydrogen) atoms. The molecule has 10 nitrogen and oxygen atoms in total. The number of hydrogen-bond donors (Lipinski definition) is 5. The number of unbranched alkanes of at least 4 members (excludes halogenated alkanes) is 3. The summed E-state index contributed by atoms with van der Waals surface area (Å²) in [5.74, 6) is 1.05. The minimum Gasteiger partial charge on any atom is -0.394 e. The van der Waals surface area contributed by atoms with Gasteiger partial charge in [0.1, 0.15) is 34.9 Å². The molecule has 0 aliphatic carbocycles. The van der Waals surface area contributed by atoms with Crippen LogP contribution >= 0.6 is 23.5 Å². The molecular weight excluding hydrogens is 422 g/mol. The van der Waals surface area contributed by atoms with Crippen molar-refractivity contribution in [3.8, 4) is 0 Å². The summed E-state index contributed by atoms with van der Waals surface area (Å²) in [4.78, 5) is 0. The quantitative estimate of drug-likeness (QED) is 0.0944. The van der Waals surface area contributed by atoms with Gasteiger partial charge in [0.2, 0.25) is 0 Å². The summed E-state index contributed by atoms with van der Waals surface area (Å²) in [6.07, 6.45) is 0.251. The van der Waals surface area contributed by atoms with E-state index in [4.69, 9.17) is 9.29 Å². The summed E-state index contributed by atoms with van der Waals surface area (Å²) >= 11 is 2.55. The molecule has 5 unspecified atom stereocenters. The van der Waals surface area contributed by atoms with E-state index in [0.717, 1.165) is 36.8 Å². The fourth-order valence-corrected chi connectivity index (χ4v) is 4.22. The van der Waals surface area contributed by atoms with Crippen LogP contribution in [-0.4, -0.2) is 86.9 Å². The lowest BCUT2D eigenvalue weighted by Crippen LogP contribution is -2.57. The molecular formula is C14H27NO9S3. The Balaban J connectivity index is 2.71. The standard InChI is InChI=1S/C14H27NO9S3/c1-25-7-5-3-2-4-6-10(15-24-27(20,21)22)26-14-13(19)12(18)11(17)9(8-16)23-14/h9,11-14,16-19H,2-8H2,1H3,(H,20,21,22)/b15-10+. The molecule has 160 valence electrons. The fraction of sp³-hybridized carbons (Fsp3) is 0.929. The molecule has 0 amide bonds. The van der Waals surface area contributed by atoms with Crippen molar-refractivity contribution in [1.82, 2.24) is 0 Å². The maximum Gasteiger partial charge on any atom is 0.466 e. The second-order valence-corrected chi connectivity index (χ2v) is 9.12. The molecule has 1 heterocycles. The summed E-state index contributed by atoms with van der Waals surface area (Å²) in [6.45, 7) is -0.578. The van der Waals surface area contributed by atoms with Crippen molar-refractivity contribution in [3.63, 3.8) is 0 Å². The zero-order valence-electron chi connectivity index (χ0n) is 14.9. The van der Waals surface area contributed by atoms with Gasteiger partial charge in [-0.1, -0.05) is 29.8 Å². The Hall–Kier alpha value is -0.120. The van der Waals surface area contributed by atoms with Crippen LogP contribution in [0.2, 0.25) is 0 Å². The van der Waals surface area contributed by atoms with Crippen molar-refractivity contribution in [2.75, 3.05) is 18.6 Å². The van der Waals surface area contributed by atoms with Crippen LogP contribution in [-0.2, 0) is 19.4 Å². The molecule has 1 aliphatic heterocycles. The Morgan fingerprint density at radius 3 is 2.37 bits per heavy atom. The van der Waals surface area contributed by atoms with Crippen LogP contribution in [0.1, 0.15) is 32.1 Å². The Kier molecular flexibility index (Phi) is 11.5. The number of ether oxygens (including phenoxy) is 1. The maximum atomic E-state index is 10.8. The van der Waals surface area contributed by atoms with Gasteiger partial charge in [0.15, 0.2) is 0 Å². The van der Waals surface area contributed by atoms with Gasteiger partial charge in [0.05, 0.1) is 6.61 Å². The first-order valence-electron chi connectivity index (χ1n) is 8.38. The molecule has 1 aliphatic rings. The van der Waals surface area contributed by atoms with Crippen molar-refractivity contribution >= 4 is 39.0 Å². The minimum absolute atomic E-state index is 0.127. The molecule has 0 aromatic rings. The average molecular weight is 450 g/mol. The summed E-state index contributed by atoms with van der Waals surface area (Å²) < 4.78 is 39.6. The maximum absolute atomic E-state index is 10.8. The topological polar surface area (TPSA) is 166 Å². The highest BCUT2D eigenvalue weighted by atomic mass is 32.3. The van der Waals surface area contributed by atoms with Crippen molar-refractivity contribution in [3.05, 3.63) is 0 Å². The Bertz CT molecular complexity index is 558. The minimum atomic E-state index is -4.79. The lowest BCUT2D eigenvalue weighted by atomic mass is 10.0. The number of hydrogen-bond acceptors (Lipinski definition) is 11. The van der Waals surface area contributed by atoms with Gasteiger partial charge in [-0.05, 0) is 31.3 Å². The molecule has 0 aromatic carbocycles. The van der Waals surface area contributed by atoms with E-state index in [2.05, 4.69) is 9.44 Å². The molecule has 0 aromatic heterocycles. The highest BCUT2D eigenvalue weighted by Gasteiger charge is 2.44. The fourth-order valence-electron chi connectivity index (χ4n) is 2.39. The van der Waals surface area contributed by atoms with E-state index in [1.807, 2.05) is 6.26 Å². The van der Waals surface area contributed by atoms with Gasteiger partial charge in [-0.15, -0.1) is 0 Å². The highest BCUT2D eigenvalue weighted by Crippen LogP contribution is 2.30. The molecule has 0 saturated carbocycles. The molecule has 13 heteroatoms. The summed E-state index contributed by atoms with van der Waals surface area (Å²) in [5.41, 5.74) is -1.11. The third kappa shape index (κ3) is 9.28. The predicted molar refractivity (Wildman–Crippen MR) is 103 cm³/mol. The van der Waals surface area contributed by atoms with Crippen LogP contribution in [0.15, 0.2) is 5.16 Å². The van der Waals surface area contributed by atoms with Crippen LogP contribution < -0.4 is 0 Å². The molecule has 0 spiro atoms. The molecule has 1 rings (SSSR count). The average Bonchev–Trinajstić information content (AvgIpc) is 2.61. The third-order valence-corrected chi connectivity index (χ3v) is 5.96. The summed E-state index contributed by atoms with van der Waals surface area (Å²) in [5, 5.41) is 42.4.